The number of hydrogen-bond acceptors (Lipinski definition) is 5. The summed E-state index contributed by atoms with van der Waals surface area (Å²) in [7, 11) is -1.60. The van der Waals surface area contributed by atoms with Crippen molar-refractivity contribution < 1.29 is 18.0 Å². The molecule has 9 heteroatoms. The van der Waals surface area contributed by atoms with E-state index < -0.39 is 21.0 Å². The quantitative estimate of drug-likeness (QED) is 0.798. The number of nitrogens with one attached hydrogen (secondary N) is 1. The zero-order valence-electron chi connectivity index (χ0n) is 16.5. The summed E-state index contributed by atoms with van der Waals surface area (Å²) in [6.07, 6.45) is 1.98. The number of rotatable bonds is 4. The number of nitrogens with zero attached hydrogens (tertiary/aromatic N) is 3. The molecule has 1 N–H and O–H groups in total. The number of carbonyl (C=O) groups excluding carboxylic acids is 2. The minimum Gasteiger partial charge on any atom is -0.340 e. The van der Waals surface area contributed by atoms with Crippen LogP contribution in [-0.4, -0.2) is 72.3 Å². The lowest BCUT2D eigenvalue weighted by molar-refractivity contribution is -0.136. The first-order valence-corrected chi connectivity index (χ1v) is 11.3. The van der Waals surface area contributed by atoms with Crippen LogP contribution in [0.25, 0.3) is 0 Å². The minimum atomic E-state index is -3.31. The van der Waals surface area contributed by atoms with Crippen molar-refractivity contribution >= 4 is 21.8 Å². The van der Waals surface area contributed by atoms with Gasteiger partial charge in [-0.1, -0.05) is 6.07 Å². The lowest BCUT2D eigenvalue weighted by atomic mass is 9.87. The first-order valence-electron chi connectivity index (χ1n) is 9.61. The van der Waals surface area contributed by atoms with Gasteiger partial charge in [0, 0.05) is 44.2 Å². The fourth-order valence-electron chi connectivity index (χ4n) is 4.13. The van der Waals surface area contributed by atoms with Crippen LogP contribution in [0, 0.1) is 11.8 Å². The summed E-state index contributed by atoms with van der Waals surface area (Å²) in [5.74, 6) is -0.863. The van der Waals surface area contributed by atoms with Crippen molar-refractivity contribution in [3.63, 3.8) is 0 Å². The van der Waals surface area contributed by atoms with Crippen LogP contribution in [0.1, 0.15) is 26.0 Å². The van der Waals surface area contributed by atoms with Gasteiger partial charge in [-0.25, -0.2) is 13.2 Å². The Kier molecular flexibility index (Phi) is 5.92. The lowest BCUT2D eigenvalue weighted by Gasteiger charge is -2.34. The van der Waals surface area contributed by atoms with Crippen LogP contribution >= 0.6 is 0 Å². The Hall–Kier alpha value is -2.16. The van der Waals surface area contributed by atoms with E-state index in [0.717, 1.165) is 5.69 Å². The van der Waals surface area contributed by atoms with E-state index in [1.54, 1.807) is 18.1 Å². The molecule has 0 radical (unpaired) electrons. The Bertz CT molecular complexity index is 828. The summed E-state index contributed by atoms with van der Waals surface area (Å²) in [4.78, 5) is 32.9. The first kappa shape index (κ1) is 20.6. The number of amides is 3. The van der Waals surface area contributed by atoms with Gasteiger partial charge in [-0.05, 0) is 32.4 Å². The number of likely N-dealkylation sites (tertiary alicyclic amines) is 1. The van der Waals surface area contributed by atoms with E-state index in [0.29, 0.717) is 13.0 Å². The fourth-order valence-corrected chi connectivity index (χ4v) is 6.23. The molecule has 3 rings (SSSR count). The maximum absolute atomic E-state index is 13.1. The van der Waals surface area contributed by atoms with Crippen LogP contribution < -0.4 is 5.32 Å². The van der Waals surface area contributed by atoms with Gasteiger partial charge in [-0.2, -0.15) is 0 Å². The van der Waals surface area contributed by atoms with Gasteiger partial charge in [-0.15, -0.1) is 0 Å². The van der Waals surface area contributed by atoms with Gasteiger partial charge in [0.05, 0.1) is 23.2 Å². The van der Waals surface area contributed by atoms with E-state index in [-0.39, 0.29) is 42.7 Å². The number of fused-ring (bicyclic) bond motifs is 1. The number of carbonyl (C=O) groups is 2. The van der Waals surface area contributed by atoms with Crippen molar-refractivity contribution in [2.45, 2.75) is 38.1 Å². The molecule has 0 spiro atoms. The molecule has 3 heterocycles. The van der Waals surface area contributed by atoms with Gasteiger partial charge in [0.25, 0.3) is 0 Å². The number of sulfone groups is 1. The van der Waals surface area contributed by atoms with Crippen molar-refractivity contribution in [3.05, 3.63) is 30.1 Å². The minimum absolute atomic E-state index is 0.0123. The van der Waals surface area contributed by atoms with Crippen molar-refractivity contribution in [2.75, 3.05) is 25.9 Å². The summed E-state index contributed by atoms with van der Waals surface area (Å²) in [6, 6.07) is 5.23. The van der Waals surface area contributed by atoms with E-state index in [1.165, 1.54) is 4.90 Å². The molecule has 0 bridgehead atoms. The van der Waals surface area contributed by atoms with E-state index in [2.05, 4.69) is 10.3 Å². The summed E-state index contributed by atoms with van der Waals surface area (Å²) in [5, 5.41) is 2.14. The predicted octanol–water partition coefficient (Wildman–Crippen LogP) is 0.893. The van der Waals surface area contributed by atoms with E-state index in [4.69, 9.17) is 0 Å². The maximum atomic E-state index is 13.1. The Morgan fingerprint density at radius 1 is 1.32 bits per heavy atom. The second kappa shape index (κ2) is 8.06. The molecule has 3 atom stereocenters. The van der Waals surface area contributed by atoms with Gasteiger partial charge >= 0.3 is 6.03 Å². The van der Waals surface area contributed by atoms with Crippen molar-refractivity contribution in [1.82, 2.24) is 20.1 Å². The van der Waals surface area contributed by atoms with Crippen LogP contribution in [0.15, 0.2) is 24.4 Å². The summed E-state index contributed by atoms with van der Waals surface area (Å²) in [6.45, 7) is 4.53. The Morgan fingerprint density at radius 2 is 2.07 bits per heavy atom. The second-order valence-corrected chi connectivity index (χ2v) is 10.3. The highest BCUT2D eigenvalue weighted by Crippen LogP contribution is 2.37. The number of urea groups is 1. The molecule has 8 nitrogen and oxygen atoms in total. The number of pyridine rings is 1. The SMILES string of the molecule is CC(C)NC(=O)N1C[C@H]2[C@@H](C1)S(=O)(=O)CC[C@H]2C(=O)N(C)Cc1ccccn1. The van der Waals surface area contributed by atoms with Crippen molar-refractivity contribution in [1.29, 1.82) is 0 Å². The smallest absolute Gasteiger partial charge is 0.317 e. The number of aromatic nitrogens is 1. The highest BCUT2D eigenvalue weighted by atomic mass is 32.2. The normalized spacial score (nSPS) is 26.0. The molecule has 2 aliphatic rings. The molecule has 3 amide bonds. The van der Waals surface area contributed by atoms with Crippen molar-refractivity contribution in [2.24, 2.45) is 11.8 Å². The fraction of sp³-hybridized carbons (Fsp3) is 0.632. The Labute approximate surface area is 166 Å². The largest absolute Gasteiger partial charge is 0.340 e. The third-order valence-electron chi connectivity index (χ3n) is 5.52. The molecule has 154 valence electrons. The van der Waals surface area contributed by atoms with E-state index >= 15 is 0 Å². The van der Waals surface area contributed by atoms with Gasteiger partial charge in [0.1, 0.15) is 0 Å². The summed E-state index contributed by atoms with van der Waals surface area (Å²) in [5.41, 5.74) is 0.780. The molecule has 0 aliphatic carbocycles. The standard InChI is InChI=1S/C19H28N4O4S/c1-13(2)21-19(25)23-11-16-15(7-9-28(26,27)17(16)12-23)18(24)22(3)10-14-6-4-5-8-20-14/h4-6,8,13,15-17H,7,9-12H2,1-3H3,(H,21,25)/t15-,16-,17-/m1/s1. The second-order valence-electron chi connectivity index (χ2n) is 7.99. The third kappa shape index (κ3) is 4.29. The van der Waals surface area contributed by atoms with E-state index in [9.17, 15) is 18.0 Å². The molecule has 2 fully saturated rings. The van der Waals surface area contributed by atoms with Crippen LogP contribution in [-0.2, 0) is 21.2 Å². The molecule has 2 aliphatic heterocycles. The average Bonchev–Trinajstić information content (AvgIpc) is 3.08. The van der Waals surface area contributed by atoms with Crippen LogP contribution in [0.2, 0.25) is 0 Å². The summed E-state index contributed by atoms with van der Waals surface area (Å²) >= 11 is 0. The molecular weight excluding hydrogens is 380 g/mol. The van der Waals surface area contributed by atoms with Crippen LogP contribution in [0.3, 0.4) is 0 Å². The highest BCUT2D eigenvalue weighted by molar-refractivity contribution is 7.92. The lowest BCUT2D eigenvalue weighted by Crippen LogP contribution is -2.47. The Morgan fingerprint density at radius 3 is 2.71 bits per heavy atom. The Balaban J connectivity index is 1.75. The molecule has 0 saturated carbocycles. The maximum Gasteiger partial charge on any atom is 0.317 e. The molecule has 1 aromatic heterocycles. The molecule has 1 aromatic rings. The topological polar surface area (TPSA) is 99.7 Å². The zero-order chi connectivity index (χ0) is 20.5. The predicted molar refractivity (Wildman–Crippen MR) is 105 cm³/mol. The summed E-state index contributed by atoms with van der Waals surface area (Å²) < 4.78 is 25.2. The molecular formula is C19H28N4O4S. The van der Waals surface area contributed by atoms with Gasteiger partial charge < -0.3 is 15.1 Å². The van der Waals surface area contributed by atoms with Gasteiger partial charge in [-0.3, -0.25) is 9.78 Å². The van der Waals surface area contributed by atoms with E-state index in [1.807, 2.05) is 32.0 Å². The van der Waals surface area contributed by atoms with Crippen molar-refractivity contribution in [3.8, 4) is 0 Å². The van der Waals surface area contributed by atoms with Gasteiger partial charge in [0.2, 0.25) is 5.91 Å². The first-order chi connectivity index (χ1) is 13.2. The zero-order valence-corrected chi connectivity index (χ0v) is 17.4. The average molecular weight is 409 g/mol. The van der Waals surface area contributed by atoms with Crippen LogP contribution in [0.5, 0.6) is 0 Å². The molecule has 2 saturated heterocycles. The van der Waals surface area contributed by atoms with Crippen LogP contribution in [0.4, 0.5) is 4.79 Å². The highest BCUT2D eigenvalue weighted by Gasteiger charge is 2.51. The molecule has 0 aromatic carbocycles. The number of hydrogen-bond donors (Lipinski definition) is 1. The molecule has 28 heavy (non-hydrogen) atoms. The van der Waals surface area contributed by atoms with Gasteiger partial charge in [0.15, 0.2) is 9.84 Å². The molecule has 0 unspecified atom stereocenters. The third-order valence-corrected chi connectivity index (χ3v) is 7.74. The monoisotopic (exact) mass is 408 g/mol.